The Kier molecular flexibility index (Phi) is 5.90. The summed E-state index contributed by atoms with van der Waals surface area (Å²) >= 11 is 4.15. The smallest absolute Gasteiger partial charge is 0.321 e. The molecule has 0 aliphatic carbocycles. The van der Waals surface area contributed by atoms with Crippen molar-refractivity contribution >= 4 is 43.3 Å². The first-order valence-electron chi connectivity index (χ1n) is 5.66. The predicted octanol–water partition coefficient (Wildman–Crippen LogP) is 2.14. The zero-order valence-corrected chi connectivity index (χ0v) is 13.7. The van der Waals surface area contributed by atoms with Crippen LogP contribution in [0.4, 0.5) is 0 Å². The lowest BCUT2D eigenvalue weighted by atomic mass is 10.1. The number of carboxylic acids is 1. The van der Waals surface area contributed by atoms with Gasteiger partial charge in [-0.05, 0) is 29.3 Å². The fraction of sp³-hybridized carbons (Fsp3) is 0.600. The van der Waals surface area contributed by atoms with E-state index in [0.29, 0.717) is 15.9 Å². The number of thiazole rings is 1. The van der Waals surface area contributed by atoms with Crippen LogP contribution in [0.1, 0.15) is 31.9 Å². The Labute approximate surface area is 124 Å². The lowest BCUT2D eigenvalue weighted by Crippen LogP contribution is -2.40. The van der Waals surface area contributed by atoms with Crippen LogP contribution >= 0.6 is 27.3 Å². The van der Waals surface area contributed by atoms with Crippen molar-refractivity contribution in [1.29, 1.82) is 0 Å². The summed E-state index contributed by atoms with van der Waals surface area (Å²) in [5, 5.41) is 9.02. The first kappa shape index (κ1) is 16.5. The number of halogens is 1. The number of hydrogen-bond acceptors (Lipinski definition) is 5. The first-order valence-corrected chi connectivity index (χ1v) is 8.75. The predicted molar refractivity (Wildman–Crippen MR) is 75.8 cm³/mol. The van der Waals surface area contributed by atoms with Crippen molar-refractivity contribution in [1.82, 2.24) is 9.71 Å². The summed E-state index contributed by atoms with van der Waals surface area (Å²) in [6, 6.07) is -1.12. The molecule has 0 saturated heterocycles. The molecule has 0 fully saturated rings. The summed E-state index contributed by atoms with van der Waals surface area (Å²) in [7, 11) is -3.89. The zero-order chi connectivity index (χ0) is 14.6. The third-order valence-electron chi connectivity index (χ3n) is 2.39. The number of hydrogen-bond donors (Lipinski definition) is 2. The molecule has 1 atom stereocenters. The molecule has 0 bridgehead atoms. The van der Waals surface area contributed by atoms with Gasteiger partial charge in [0.1, 0.15) is 6.04 Å². The topological polar surface area (TPSA) is 96.4 Å². The second-order valence-electron chi connectivity index (χ2n) is 3.99. The van der Waals surface area contributed by atoms with E-state index in [4.69, 9.17) is 5.11 Å². The van der Waals surface area contributed by atoms with E-state index in [1.54, 1.807) is 6.92 Å². The molecule has 0 radical (unpaired) electrons. The monoisotopic (exact) mass is 370 g/mol. The Morgan fingerprint density at radius 1 is 1.58 bits per heavy atom. The average molecular weight is 371 g/mol. The molecular weight excluding hydrogens is 356 g/mol. The molecule has 6 nitrogen and oxygen atoms in total. The number of rotatable bonds is 7. The van der Waals surface area contributed by atoms with Gasteiger partial charge in [0, 0.05) is 0 Å². The molecule has 1 aromatic rings. The maximum absolute atomic E-state index is 12.0. The Morgan fingerprint density at radius 3 is 2.63 bits per heavy atom. The maximum atomic E-state index is 12.0. The summed E-state index contributed by atoms with van der Waals surface area (Å²) < 4.78 is 26.7. The Balaban J connectivity index is 2.90. The summed E-state index contributed by atoms with van der Waals surface area (Å²) in [4.78, 5) is 14.9. The second kappa shape index (κ2) is 6.78. The van der Waals surface area contributed by atoms with E-state index < -0.39 is 22.0 Å². The summed E-state index contributed by atoms with van der Waals surface area (Å²) in [6.45, 7) is 3.58. The zero-order valence-electron chi connectivity index (χ0n) is 10.5. The van der Waals surface area contributed by atoms with Gasteiger partial charge in [0.15, 0.2) is 0 Å². The Morgan fingerprint density at radius 2 is 2.21 bits per heavy atom. The third kappa shape index (κ3) is 4.51. The molecule has 1 unspecified atom stereocenters. The largest absolute Gasteiger partial charge is 0.480 e. The second-order valence-corrected chi connectivity index (χ2v) is 8.20. The lowest BCUT2D eigenvalue weighted by molar-refractivity contribution is -0.139. The minimum atomic E-state index is -3.89. The lowest BCUT2D eigenvalue weighted by Gasteiger charge is -2.12. The number of aryl methyl sites for hydroxylation is 1. The van der Waals surface area contributed by atoms with E-state index in [1.807, 2.05) is 6.92 Å². The number of aliphatic carboxylic acids is 1. The van der Waals surface area contributed by atoms with E-state index in [0.717, 1.165) is 17.8 Å². The van der Waals surface area contributed by atoms with E-state index in [-0.39, 0.29) is 10.8 Å². The highest BCUT2D eigenvalue weighted by Gasteiger charge is 2.27. The van der Waals surface area contributed by atoms with Crippen molar-refractivity contribution in [3.8, 4) is 0 Å². The number of nitrogens with zero attached hydrogens (tertiary/aromatic N) is 1. The van der Waals surface area contributed by atoms with Crippen molar-refractivity contribution in [3.63, 3.8) is 0 Å². The van der Waals surface area contributed by atoms with Crippen LogP contribution in [-0.4, -0.2) is 30.5 Å². The molecule has 19 heavy (non-hydrogen) atoms. The number of carbonyl (C=O) groups is 1. The SMILES string of the molecule is CCCCC(NS(=O)(=O)c1nc(C)c(Br)s1)C(=O)O. The number of aromatic nitrogens is 1. The molecule has 0 aliphatic rings. The standard InChI is InChI=1S/C10H15BrN2O4S2/c1-3-4-5-7(9(14)15)13-19(16,17)10-12-6(2)8(11)18-10/h7,13H,3-5H2,1-2H3,(H,14,15). The van der Waals surface area contributed by atoms with E-state index in [1.165, 1.54) is 0 Å². The molecule has 1 aromatic heterocycles. The summed E-state index contributed by atoms with van der Waals surface area (Å²) in [5.41, 5.74) is 0.561. The average Bonchev–Trinajstić information content (AvgIpc) is 2.65. The van der Waals surface area contributed by atoms with Crippen molar-refractivity contribution < 1.29 is 18.3 Å². The Bertz CT molecular complexity index is 536. The van der Waals surface area contributed by atoms with Crippen LogP contribution in [0.25, 0.3) is 0 Å². The quantitative estimate of drug-likeness (QED) is 0.766. The molecule has 0 aromatic carbocycles. The van der Waals surface area contributed by atoms with Crippen molar-refractivity contribution in [2.75, 3.05) is 0 Å². The Hall–Kier alpha value is -0.510. The van der Waals surface area contributed by atoms with Gasteiger partial charge >= 0.3 is 5.97 Å². The van der Waals surface area contributed by atoms with E-state index in [2.05, 4.69) is 25.6 Å². The third-order valence-corrected chi connectivity index (χ3v) is 6.25. The molecule has 0 saturated carbocycles. The van der Waals surface area contributed by atoms with Crippen LogP contribution in [0.15, 0.2) is 8.13 Å². The normalized spacial score (nSPS) is 13.4. The number of sulfonamides is 1. The van der Waals surface area contributed by atoms with Gasteiger partial charge in [-0.15, -0.1) is 0 Å². The van der Waals surface area contributed by atoms with Gasteiger partial charge in [-0.25, -0.2) is 13.4 Å². The molecule has 9 heteroatoms. The van der Waals surface area contributed by atoms with Crippen LogP contribution in [0.3, 0.4) is 0 Å². The molecule has 0 amide bonds. The molecule has 0 spiro atoms. The highest BCUT2D eigenvalue weighted by atomic mass is 79.9. The minimum absolute atomic E-state index is 0.125. The highest BCUT2D eigenvalue weighted by Crippen LogP contribution is 2.27. The van der Waals surface area contributed by atoms with Crippen LogP contribution < -0.4 is 4.72 Å². The number of unbranched alkanes of at least 4 members (excludes halogenated alkanes) is 1. The number of carboxylic acid groups (broad SMARTS) is 1. The van der Waals surface area contributed by atoms with E-state index in [9.17, 15) is 13.2 Å². The van der Waals surface area contributed by atoms with Crippen molar-refractivity contribution in [2.24, 2.45) is 0 Å². The van der Waals surface area contributed by atoms with Crippen LogP contribution in [0.5, 0.6) is 0 Å². The van der Waals surface area contributed by atoms with Gasteiger partial charge in [0.2, 0.25) is 4.34 Å². The van der Waals surface area contributed by atoms with Crippen molar-refractivity contribution in [3.05, 3.63) is 9.48 Å². The minimum Gasteiger partial charge on any atom is -0.480 e. The summed E-state index contributed by atoms with van der Waals surface area (Å²) in [6.07, 6.45) is 1.70. The fourth-order valence-electron chi connectivity index (χ4n) is 1.35. The molecule has 1 rings (SSSR count). The molecule has 1 heterocycles. The molecular formula is C10H15BrN2O4S2. The van der Waals surface area contributed by atoms with Gasteiger partial charge < -0.3 is 5.11 Å². The molecule has 2 N–H and O–H groups in total. The van der Waals surface area contributed by atoms with Gasteiger partial charge in [0.05, 0.1) is 9.48 Å². The van der Waals surface area contributed by atoms with Gasteiger partial charge in [0.25, 0.3) is 10.0 Å². The highest BCUT2D eigenvalue weighted by molar-refractivity contribution is 9.11. The van der Waals surface area contributed by atoms with Crippen LogP contribution in [0, 0.1) is 6.92 Å². The van der Waals surface area contributed by atoms with Gasteiger partial charge in [-0.3, -0.25) is 4.79 Å². The summed E-state index contributed by atoms with van der Waals surface area (Å²) in [5.74, 6) is -1.18. The fourth-order valence-corrected chi connectivity index (χ4v) is 4.53. The maximum Gasteiger partial charge on any atom is 0.321 e. The van der Waals surface area contributed by atoms with Crippen LogP contribution in [0.2, 0.25) is 0 Å². The molecule has 0 aliphatic heterocycles. The molecule has 108 valence electrons. The van der Waals surface area contributed by atoms with Gasteiger partial charge in [-0.1, -0.05) is 31.1 Å². The number of nitrogens with one attached hydrogen (secondary N) is 1. The van der Waals surface area contributed by atoms with Crippen molar-refractivity contribution in [2.45, 2.75) is 43.5 Å². The first-order chi connectivity index (χ1) is 8.77. The van der Waals surface area contributed by atoms with Gasteiger partial charge in [-0.2, -0.15) is 4.72 Å². The van der Waals surface area contributed by atoms with Crippen LogP contribution in [-0.2, 0) is 14.8 Å². The van der Waals surface area contributed by atoms with E-state index >= 15 is 0 Å².